The predicted molar refractivity (Wildman–Crippen MR) is 99.1 cm³/mol. The number of hydrogen-bond acceptors (Lipinski definition) is 3. The summed E-state index contributed by atoms with van der Waals surface area (Å²) in [5, 5.41) is 8.94. The highest BCUT2D eigenvalue weighted by atomic mass is 35.5. The largest absolute Gasteiger partial charge is 0.490 e. The highest BCUT2D eigenvalue weighted by molar-refractivity contribution is 6.32. The van der Waals surface area contributed by atoms with Crippen LogP contribution in [0.4, 0.5) is 4.39 Å². The first-order valence-corrected chi connectivity index (χ1v) is 8.97. The lowest BCUT2D eigenvalue weighted by molar-refractivity contribution is 0.0679. The number of carboxylic acids is 1. The highest BCUT2D eigenvalue weighted by Crippen LogP contribution is 2.29. The van der Waals surface area contributed by atoms with Crippen LogP contribution in [-0.2, 0) is 0 Å². The van der Waals surface area contributed by atoms with Gasteiger partial charge in [0.1, 0.15) is 18.2 Å². The number of rotatable bonds is 5. The number of likely N-dealkylation sites (tertiary alicyclic amines) is 1. The number of hydrogen-bond donors (Lipinski definition) is 1. The molecule has 0 bridgehead atoms. The van der Waals surface area contributed by atoms with Gasteiger partial charge in [-0.25, -0.2) is 9.18 Å². The lowest BCUT2D eigenvalue weighted by Crippen LogP contribution is -2.39. The number of aryl methyl sites for hydroxylation is 1. The minimum absolute atomic E-state index is 0.0169. The summed E-state index contributed by atoms with van der Waals surface area (Å²) in [6, 6.07) is 9.21. The van der Waals surface area contributed by atoms with Crippen molar-refractivity contribution >= 4 is 23.5 Å². The van der Waals surface area contributed by atoms with Crippen LogP contribution in [0.1, 0.15) is 39.1 Å². The van der Waals surface area contributed by atoms with Gasteiger partial charge >= 0.3 is 5.97 Å². The van der Waals surface area contributed by atoms with E-state index in [1.54, 1.807) is 17.0 Å². The fourth-order valence-corrected chi connectivity index (χ4v) is 3.35. The molecule has 1 fully saturated rings. The lowest BCUT2D eigenvalue weighted by Gasteiger charge is -2.25. The van der Waals surface area contributed by atoms with Crippen LogP contribution in [-0.4, -0.2) is 41.1 Å². The van der Waals surface area contributed by atoms with E-state index in [1.165, 1.54) is 0 Å². The van der Waals surface area contributed by atoms with E-state index >= 15 is 0 Å². The number of amides is 1. The smallest absolute Gasteiger partial charge is 0.338 e. The van der Waals surface area contributed by atoms with Crippen LogP contribution in [0.3, 0.4) is 0 Å². The molecular weight excluding hydrogens is 373 g/mol. The molecule has 0 radical (unpaired) electrons. The Balaban J connectivity index is 1.70. The standard InChI is InChI=1S/C20H19ClFNO4/c1-12-4-6-13(7-5-12)19(24)23-8-2-3-14(23)11-27-18-10-17(22)15(20(25)26)9-16(18)21/h4-7,9-10,14H,2-3,8,11H2,1H3,(H,25,26)/t14-/m1/s1. The van der Waals surface area contributed by atoms with Crippen LogP contribution >= 0.6 is 11.6 Å². The fourth-order valence-electron chi connectivity index (χ4n) is 3.13. The molecule has 3 rings (SSSR count). The van der Waals surface area contributed by atoms with Crippen molar-refractivity contribution in [3.63, 3.8) is 0 Å². The van der Waals surface area contributed by atoms with Crippen molar-refractivity contribution in [3.8, 4) is 5.75 Å². The van der Waals surface area contributed by atoms with E-state index in [0.29, 0.717) is 12.1 Å². The number of aromatic carboxylic acids is 1. The van der Waals surface area contributed by atoms with Crippen molar-refractivity contribution in [2.24, 2.45) is 0 Å². The van der Waals surface area contributed by atoms with E-state index in [-0.39, 0.29) is 29.3 Å². The van der Waals surface area contributed by atoms with E-state index < -0.39 is 17.3 Å². The van der Waals surface area contributed by atoms with Gasteiger partial charge in [0, 0.05) is 18.2 Å². The number of halogens is 2. The first-order valence-electron chi connectivity index (χ1n) is 8.59. The number of carbonyl (C=O) groups is 2. The minimum atomic E-state index is -1.40. The predicted octanol–water partition coefficient (Wildman–Crippen LogP) is 4.17. The lowest BCUT2D eigenvalue weighted by atomic mass is 10.1. The number of nitrogens with zero attached hydrogens (tertiary/aromatic N) is 1. The fraction of sp³-hybridized carbons (Fsp3) is 0.300. The molecule has 0 aliphatic carbocycles. The average molecular weight is 392 g/mol. The van der Waals surface area contributed by atoms with Gasteiger partial charge < -0.3 is 14.7 Å². The topological polar surface area (TPSA) is 66.8 Å². The van der Waals surface area contributed by atoms with Crippen molar-refractivity contribution in [1.82, 2.24) is 4.90 Å². The second kappa shape index (κ2) is 7.96. The van der Waals surface area contributed by atoms with Crippen LogP contribution in [0.25, 0.3) is 0 Å². The average Bonchev–Trinajstić information content (AvgIpc) is 3.10. The summed E-state index contributed by atoms with van der Waals surface area (Å²) >= 11 is 6.00. The molecule has 0 saturated carbocycles. The summed E-state index contributed by atoms with van der Waals surface area (Å²) in [4.78, 5) is 25.4. The van der Waals surface area contributed by atoms with Gasteiger partial charge in [-0.15, -0.1) is 0 Å². The molecule has 0 aromatic heterocycles. The minimum Gasteiger partial charge on any atom is -0.490 e. The summed E-state index contributed by atoms with van der Waals surface area (Å²) in [7, 11) is 0. The van der Waals surface area contributed by atoms with E-state index in [1.807, 2.05) is 19.1 Å². The molecule has 1 atom stereocenters. The maximum absolute atomic E-state index is 13.9. The van der Waals surface area contributed by atoms with Crippen molar-refractivity contribution in [2.45, 2.75) is 25.8 Å². The van der Waals surface area contributed by atoms with Gasteiger partial charge in [0.25, 0.3) is 5.91 Å². The molecule has 27 heavy (non-hydrogen) atoms. The van der Waals surface area contributed by atoms with Gasteiger partial charge in [0.15, 0.2) is 0 Å². The van der Waals surface area contributed by atoms with Gasteiger partial charge in [0.05, 0.1) is 16.6 Å². The first-order chi connectivity index (χ1) is 12.9. The highest BCUT2D eigenvalue weighted by Gasteiger charge is 2.30. The Kier molecular flexibility index (Phi) is 5.65. The van der Waals surface area contributed by atoms with Crippen molar-refractivity contribution in [2.75, 3.05) is 13.2 Å². The van der Waals surface area contributed by atoms with Gasteiger partial charge in [-0.05, 0) is 38.0 Å². The Morgan fingerprint density at radius 2 is 2.00 bits per heavy atom. The Hall–Kier alpha value is -2.60. The zero-order valence-electron chi connectivity index (χ0n) is 14.7. The summed E-state index contributed by atoms with van der Waals surface area (Å²) in [5.41, 5.74) is 1.18. The quantitative estimate of drug-likeness (QED) is 0.830. The molecule has 0 spiro atoms. The molecule has 142 valence electrons. The molecule has 2 aromatic carbocycles. The van der Waals surface area contributed by atoms with Gasteiger partial charge in [0.2, 0.25) is 0 Å². The number of carbonyl (C=O) groups excluding carboxylic acids is 1. The van der Waals surface area contributed by atoms with Crippen LogP contribution in [0.5, 0.6) is 5.75 Å². The molecule has 5 nitrogen and oxygen atoms in total. The second-order valence-corrected chi connectivity index (χ2v) is 6.95. The van der Waals surface area contributed by atoms with Gasteiger partial charge in [-0.1, -0.05) is 29.3 Å². The van der Waals surface area contributed by atoms with Crippen molar-refractivity contribution in [1.29, 1.82) is 0 Å². The molecule has 0 unspecified atom stereocenters. The molecule has 1 amide bonds. The molecule has 1 heterocycles. The zero-order chi connectivity index (χ0) is 19.6. The molecule has 1 saturated heterocycles. The first kappa shape index (κ1) is 19.2. The molecule has 1 N–H and O–H groups in total. The number of ether oxygens (including phenoxy) is 1. The maximum atomic E-state index is 13.9. The van der Waals surface area contributed by atoms with E-state index in [4.69, 9.17) is 21.4 Å². The third-order valence-corrected chi connectivity index (χ3v) is 4.92. The third kappa shape index (κ3) is 4.22. The van der Waals surface area contributed by atoms with Crippen LogP contribution in [0.2, 0.25) is 5.02 Å². The Bertz CT molecular complexity index is 869. The van der Waals surface area contributed by atoms with Crippen molar-refractivity contribution in [3.05, 3.63) is 63.9 Å². The van der Waals surface area contributed by atoms with Gasteiger partial charge in [-0.2, -0.15) is 0 Å². The summed E-state index contributed by atoms with van der Waals surface area (Å²) in [6.07, 6.45) is 1.62. The molecule has 1 aliphatic heterocycles. The Morgan fingerprint density at radius 3 is 2.67 bits per heavy atom. The van der Waals surface area contributed by atoms with E-state index in [0.717, 1.165) is 30.5 Å². The number of carboxylic acid groups (broad SMARTS) is 1. The van der Waals surface area contributed by atoms with Crippen LogP contribution < -0.4 is 4.74 Å². The summed E-state index contributed by atoms with van der Waals surface area (Å²) in [6.45, 7) is 2.74. The summed E-state index contributed by atoms with van der Waals surface area (Å²) in [5.74, 6) is -2.32. The van der Waals surface area contributed by atoms with E-state index in [2.05, 4.69) is 0 Å². The molecule has 1 aliphatic rings. The summed E-state index contributed by atoms with van der Waals surface area (Å²) < 4.78 is 19.5. The SMILES string of the molecule is Cc1ccc(C(=O)N2CCC[C@@H]2COc2cc(F)c(C(=O)O)cc2Cl)cc1. The molecule has 2 aromatic rings. The number of benzene rings is 2. The van der Waals surface area contributed by atoms with E-state index in [9.17, 15) is 14.0 Å². The van der Waals surface area contributed by atoms with Crippen LogP contribution in [0, 0.1) is 12.7 Å². The maximum Gasteiger partial charge on any atom is 0.338 e. The Labute approximate surface area is 161 Å². The Morgan fingerprint density at radius 1 is 1.30 bits per heavy atom. The molecule has 7 heteroatoms. The van der Waals surface area contributed by atoms with Crippen molar-refractivity contribution < 1.29 is 23.8 Å². The van der Waals surface area contributed by atoms with Gasteiger partial charge in [-0.3, -0.25) is 4.79 Å². The third-order valence-electron chi connectivity index (χ3n) is 4.62. The molecular formula is C20H19ClFNO4. The normalized spacial score (nSPS) is 16.4. The monoisotopic (exact) mass is 391 g/mol. The van der Waals surface area contributed by atoms with Crippen LogP contribution in [0.15, 0.2) is 36.4 Å². The second-order valence-electron chi connectivity index (χ2n) is 6.54. The zero-order valence-corrected chi connectivity index (χ0v) is 15.5.